The maximum absolute atomic E-state index is 12.2. The molecule has 17 heavy (non-hydrogen) atoms. The highest BCUT2D eigenvalue weighted by molar-refractivity contribution is 7.89. The summed E-state index contributed by atoms with van der Waals surface area (Å²) in [5.41, 5.74) is 0. The van der Waals surface area contributed by atoms with E-state index in [4.69, 9.17) is 5.26 Å². The Labute approximate surface area is 100 Å². The van der Waals surface area contributed by atoms with Gasteiger partial charge in [0.25, 0.3) is 10.0 Å². The van der Waals surface area contributed by atoms with Crippen LogP contribution in [0.4, 0.5) is 0 Å². The predicted octanol–water partition coefficient (Wildman–Crippen LogP) is 0.642. The Hall–Kier alpha value is -1.39. The Morgan fingerprint density at radius 3 is 3.00 bits per heavy atom. The van der Waals surface area contributed by atoms with Crippen molar-refractivity contribution in [1.29, 1.82) is 5.26 Å². The monoisotopic (exact) mass is 254 g/mol. The molecule has 2 rings (SSSR count). The zero-order chi connectivity index (χ0) is 12.5. The number of sulfonamides is 1. The molecule has 7 heteroatoms. The maximum Gasteiger partial charge on any atom is 0.260 e. The van der Waals surface area contributed by atoms with Gasteiger partial charge in [0.15, 0.2) is 5.03 Å². The molecule has 0 saturated carbocycles. The zero-order valence-corrected chi connectivity index (χ0v) is 10.4. The molecule has 6 nitrogen and oxygen atoms in total. The second-order valence-electron chi connectivity index (χ2n) is 4.16. The molecule has 1 fully saturated rings. The third kappa shape index (κ3) is 2.33. The molecular formula is C10H14N4O2S. The van der Waals surface area contributed by atoms with E-state index >= 15 is 0 Å². The number of H-pyrrole nitrogens is 1. The van der Waals surface area contributed by atoms with Crippen LogP contribution in [0.5, 0.6) is 0 Å². The highest BCUT2D eigenvalue weighted by Crippen LogP contribution is 2.22. The Kier molecular flexibility index (Phi) is 3.17. The van der Waals surface area contributed by atoms with E-state index in [0.29, 0.717) is 12.4 Å². The van der Waals surface area contributed by atoms with Crippen molar-refractivity contribution >= 4 is 10.0 Å². The smallest absolute Gasteiger partial charge is 0.260 e. The number of aryl methyl sites for hydroxylation is 1. The normalized spacial score (nSPS) is 22.2. The Morgan fingerprint density at radius 2 is 2.41 bits per heavy atom. The topological polar surface area (TPSA) is 89.8 Å². The van der Waals surface area contributed by atoms with Gasteiger partial charge >= 0.3 is 0 Å². The number of imidazole rings is 1. The van der Waals surface area contributed by atoms with Crippen molar-refractivity contribution in [3.8, 4) is 6.07 Å². The molecule has 0 aromatic carbocycles. The summed E-state index contributed by atoms with van der Waals surface area (Å²) >= 11 is 0. The molecule has 1 N–H and O–H groups in total. The summed E-state index contributed by atoms with van der Waals surface area (Å²) in [5, 5.41) is 8.96. The van der Waals surface area contributed by atoms with Gasteiger partial charge in [-0.3, -0.25) is 0 Å². The minimum atomic E-state index is -3.52. The van der Waals surface area contributed by atoms with Crippen LogP contribution >= 0.6 is 0 Å². The van der Waals surface area contributed by atoms with Crippen LogP contribution in [0.15, 0.2) is 11.2 Å². The summed E-state index contributed by atoms with van der Waals surface area (Å²) in [5.74, 6) is 0.361. The van der Waals surface area contributed by atoms with Gasteiger partial charge in [0, 0.05) is 13.1 Å². The number of hydrogen-bond acceptors (Lipinski definition) is 4. The number of aromatic amines is 1. The number of piperidine rings is 1. The molecule has 0 amide bonds. The van der Waals surface area contributed by atoms with E-state index in [-0.39, 0.29) is 17.5 Å². The molecule has 1 saturated heterocycles. The summed E-state index contributed by atoms with van der Waals surface area (Å²) < 4.78 is 25.8. The lowest BCUT2D eigenvalue weighted by Gasteiger charge is -2.27. The largest absolute Gasteiger partial charge is 0.332 e. The van der Waals surface area contributed by atoms with Gasteiger partial charge in [-0.05, 0) is 19.8 Å². The van der Waals surface area contributed by atoms with Crippen LogP contribution in [0.3, 0.4) is 0 Å². The third-order valence-electron chi connectivity index (χ3n) is 2.86. The zero-order valence-electron chi connectivity index (χ0n) is 9.55. The van der Waals surface area contributed by atoms with Crippen LogP contribution in [0.1, 0.15) is 18.7 Å². The summed E-state index contributed by atoms with van der Waals surface area (Å²) in [4.78, 5) is 6.61. The Morgan fingerprint density at radius 1 is 1.65 bits per heavy atom. The second-order valence-corrected chi connectivity index (χ2v) is 6.07. The van der Waals surface area contributed by atoms with Gasteiger partial charge in [-0.25, -0.2) is 13.4 Å². The minimum Gasteiger partial charge on any atom is -0.332 e. The molecular weight excluding hydrogens is 240 g/mol. The molecule has 1 aromatic rings. The van der Waals surface area contributed by atoms with E-state index in [1.54, 1.807) is 6.92 Å². The highest BCUT2D eigenvalue weighted by Gasteiger charge is 2.31. The van der Waals surface area contributed by atoms with Gasteiger partial charge in [0.1, 0.15) is 5.82 Å². The van der Waals surface area contributed by atoms with Gasteiger partial charge < -0.3 is 4.98 Å². The molecule has 2 heterocycles. The summed E-state index contributed by atoms with van der Waals surface area (Å²) in [6.07, 6.45) is 2.82. The molecule has 1 atom stereocenters. The van der Waals surface area contributed by atoms with Crippen LogP contribution in [0, 0.1) is 24.2 Å². The predicted molar refractivity (Wildman–Crippen MR) is 60.4 cm³/mol. The quantitative estimate of drug-likeness (QED) is 0.838. The van der Waals surface area contributed by atoms with Crippen molar-refractivity contribution in [3.63, 3.8) is 0 Å². The van der Waals surface area contributed by atoms with Crippen molar-refractivity contribution < 1.29 is 8.42 Å². The SMILES string of the molecule is Cc1ncc(S(=O)(=O)N2CCCC(C#N)C2)[nH]1. The Balaban J connectivity index is 2.24. The Bertz CT molecular complexity index is 543. The number of nitriles is 1. The first-order chi connectivity index (χ1) is 8.04. The lowest BCUT2D eigenvalue weighted by Crippen LogP contribution is -2.39. The van der Waals surface area contributed by atoms with Gasteiger partial charge in [-0.2, -0.15) is 9.57 Å². The maximum atomic E-state index is 12.2. The first-order valence-electron chi connectivity index (χ1n) is 5.45. The van der Waals surface area contributed by atoms with Gasteiger partial charge in [-0.1, -0.05) is 0 Å². The van der Waals surface area contributed by atoms with E-state index in [1.165, 1.54) is 10.5 Å². The number of aromatic nitrogens is 2. The molecule has 92 valence electrons. The average Bonchev–Trinajstić information content (AvgIpc) is 2.76. The molecule has 0 radical (unpaired) electrons. The molecule has 0 bridgehead atoms. The highest BCUT2D eigenvalue weighted by atomic mass is 32.2. The van der Waals surface area contributed by atoms with Crippen molar-refractivity contribution in [2.45, 2.75) is 24.8 Å². The van der Waals surface area contributed by atoms with Crippen LogP contribution in [-0.4, -0.2) is 35.8 Å². The summed E-state index contributed by atoms with van der Waals surface area (Å²) in [6.45, 7) is 2.45. The molecule has 1 aromatic heterocycles. The van der Waals surface area contributed by atoms with Crippen molar-refractivity contribution in [2.24, 2.45) is 5.92 Å². The average molecular weight is 254 g/mol. The van der Waals surface area contributed by atoms with Crippen LogP contribution in [-0.2, 0) is 10.0 Å². The minimum absolute atomic E-state index is 0.105. The van der Waals surface area contributed by atoms with Crippen LogP contribution < -0.4 is 0 Å². The fourth-order valence-electron chi connectivity index (χ4n) is 1.93. The van der Waals surface area contributed by atoms with Crippen molar-refractivity contribution in [3.05, 3.63) is 12.0 Å². The number of rotatable bonds is 2. The summed E-state index contributed by atoms with van der Waals surface area (Å²) in [6, 6.07) is 2.13. The number of nitrogens with zero attached hydrogens (tertiary/aromatic N) is 3. The van der Waals surface area contributed by atoms with E-state index in [0.717, 1.165) is 12.8 Å². The van der Waals surface area contributed by atoms with Gasteiger partial charge in [-0.15, -0.1) is 0 Å². The molecule has 1 unspecified atom stereocenters. The van der Waals surface area contributed by atoms with Crippen LogP contribution in [0.2, 0.25) is 0 Å². The standard InChI is InChI=1S/C10H14N4O2S/c1-8-12-6-10(13-8)17(15,16)14-4-2-3-9(5-11)7-14/h6,9H,2-4,7H2,1H3,(H,12,13). The fourth-order valence-corrected chi connectivity index (χ4v) is 3.42. The lowest BCUT2D eigenvalue weighted by atomic mass is 10.0. The first-order valence-corrected chi connectivity index (χ1v) is 6.89. The molecule has 0 spiro atoms. The molecule has 0 aliphatic carbocycles. The van der Waals surface area contributed by atoms with Crippen molar-refractivity contribution in [2.75, 3.05) is 13.1 Å². The number of nitrogens with one attached hydrogen (secondary N) is 1. The van der Waals surface area contributed by atoms with Gasteiger partial charge in [0.05, 0.1) is 18.2 Å². The summed E-state index contributed by atoms with van der Waals surface area (Å²) in [7, 11) is -3.52. The number of hydrogen-bond donors (Lipinski definition) is 1. The second kappa shape index (κ2) is 4.47. The van der Waals surface area contributed by atoms with Gasteiger partial charge in [0.2, 0.25) is 0 Å². The van der Waals surface area contributed by atoms with E-state index in [2.05, 4.69) is 16.0 Å². The fraction of sp³-hybridized carbons (Fsp3) is 0.600. The van der Waals surface area contributed by atoms with Crippen molar-refractivity contribution in [1.82, 2.24) is 14.3 Å². The third-order valence-corrected chi connectivity index (χ3v) is 4.64. The van der Waals surface area contributed by atoms with E-state index < -0.39 is 10.0 Å². The van der Waals surface area contributed by atoms with Crippen LogP contribution in [0.25, 0.3) is 0 Å². The molecule has 1 aliphatic heterocycles. The lowest BCUT2D eigenvalue weighted by molar-refractivity contribution is 0.304. The van der Waals surface area contributed by atoms with E-state index in [1.807, 2.05) is 0 Å². The molecule has 1 aliphatic rings. The van der Waals surface area contributed by atoms with E-state index in [9.17, 15) is 8.42 Å². The first kappa shape index (κ1) is 12.1.